The zero-order valence-corrected chi connectivity index (χ0v) is 4.79. The van der Waals surface area contributed by atoms with E-state index in [1.54, 1.807) is 0 Å². The van der Waals surface area contributed by atoms with Gasteiger partial charge in [-0.1, -0.05) is 0 Å². The minimum atomic E-state index is -1.95. The van der Waals surface area contributed by atoms with Crippen LogP contribution in [0, 0.1) is 0 Å². The summed E-state index contributed by atoms with van der Waals surface area (Å²) in [5.41, 5.74) is 0. The molecule has 1 atom stereocenters. The molecule has 0 aromatic heterocycles. The molecule has 0 aliphatic carbocycles. The number of rotatable bonds is 2. The van der Waals surface area contributed by atoms with Crippen LogP contribution >= 0.6 is 0 Å². The maximum atomic E-state index is 10.2. The lowest BCUT2D eigenvalue weighted by Gasteiger charge is -2.00. The molecule has 0 radical (unpaired) electrons. The van der Waals surface area contributed by atoms with Gasteiger partial charge in [0, 0.05) is 7.05 Å². The monoisotopic (exact) mass is 133 g/mol. The molecule has 9 heavy (non-hydrogen) atoms. The summed E-state index contributed by atoms with van der Waals surface area (Å²) in [6.07, 6.45) is -1.95. The average Bonchev–Trinajstić information content (AvgIpc) is 1.84. The molecule has 0 heterocycles. The predicted molar refractivity (Wildman–Crippen MR) is 27.7 cm³/mol. The fourth-order valence-corrected chi connectivity index (χ4v) is 0.249. The summed E-state index contributed by atoms with van der Waals surface area (Å²) in [4.78, 5) is 20.0. The lowest BCUT2D eigenvalue weighted by atomic mass is 10.3. The SMILES string of the molecule is CNC(=O)C(O)C(=O)O. The lowest BCUT2D eigenvalue weighted by Crippen LogP contribution is -2.37. The number of likely N-dealkylation sites (N-methyl/N-ethyl adjacent to an activating group) is 1. The summed E-state index contributed by atoms with van der Waals surface area (Å²) in [6, 6.07) is 0. The Balaban J connectivity index is 3.88. The van der Waals surface area contributed by atoms with E-state index >= 15 is 0 Å². The third-order valence-electron chi connectivity index (χ3n) is 0.729. The number of hydrogen-bond donors (Lipinski definition) is 3. The van der Waals surface area contributed by atoms with Crippen molar-refractivity contribution in [1.82, 2.24) is 5.32 Å². The van der Waals surface area contributed by atoms with E-state index < -0.39 is 18.0 Å². The third kappa shape index (κ3) is 2.09. The summed E-state index contributed by atoms with van der Waals surface area (Å²) in [6.45, 7) is 0. The van der Waals surface area contributed by atoms with Crippen LogP contribution in [0.15, 0.2) is 0 Å². The van der Waals surface area contributed by atoms with Gasteiger partial charge in [0.2, 0.25) is 6.10 Å². The van der Waals surface area contributed by atoms with Gasteiger partial charge in [0.05, 0.1) is 0 Å². The van der Waals surface area contributed by atoms with E-state index in [0.29, 0.717) is 0 Å². The van der Waals surface area contributed by atoms with Crippen molar-refractivity contribution in [3.8, 4) is 0 Å². The normalized spacial score (nSPS) is 12.2. The Morgan fingerprint density at radius 1 is 1.56 bits per heavy atom. The Morgan fingerprint density at radius 3 is 2.11 bits per heavy atom. The van der Waals surface area contributed by atoms with Gasteiger partial charge in [-0.05, 0) is 0 Å². The largest absolute Gasteiger partial charge is 0.479 e. The highest BCUT2D eigenvalue weighted by atomic mass is 16.4. The lowest BCUT2D eigenvalue weighted by molar-refractivity contribution is -0.152. The van der Waals surface area contributed by atoms with Crippen LogP contribution in [0.5, 0.6) is 0 Å². The second-order valence-corrected chi connectivity index (χ2v) is 1.36. The van der Waals surface area contributed by atoms with Gasteiger partial charge in [-0.2, -0.15) is 0 Å². The zero-order chi connectivity index (χ0) is 7.44. The summed E-state index contributed by atoms with van der Waals surface area (Å²) in [5.74, 6) is -2.46. The van der Waals surface area contributed by atoms with Crippen LogP contribution in [-0.2, 0) is 9.59 Å². The summed E-state index contributed by atoms with van der Waals surface area (Å²) >= 11 is 0. The number of amides is 1. The summed E-state index contributed by atoms with van der Waals surface area (Å²) < 4.78 is 0. The molecule has 5 nitrogen and oxygen atoms in total. The molecule has 0 spiro atoms. The van der Waals surface area contributed by atoms with E-state index in [-0.39, 0.29) is 0 Å². The van der Waals surface area contributed by atoms with Gasteiger partial charge in [0.1, 0.15) is 0 Å². The molecule has 1 unspecified atom stereocenters. The number of carbonyl (C=O) groups excluding carboxylic acids is 1. The van der Waals surface area contributed by atoms with Gasteiger partial charge in [-0.15, -0.1) is 0 Å². The molecule has 0 saturated carbocycles. The Kier molecular flexibility index (Phi) is 2.66. The van der Waals surface area contributed by atoms with E-state index in [0.717, 1.165) is 0 Å². The smallest absolute Gasteiger partial charge is 0.342 e. The van der Waals surface area contributed by atoms with Crippen molar-refractivity contribution >= 4 is 11.9 Å². The second kappa shape index (κ2) is 3.03. The number of carboxylic acids is 1. The highest BCUT2D eigenvalue weighted by Crippen LogP contribution is 1.79. The van der Waals surface area contributed by atoms with Gasteiger partial charge in [-0.3, -0.25) is 4.79 Å². The van der Waals surface area contributed by atoms with Gasteiger partial charge in [0.15, 0.2) is 0 Å². The number of hydrogen-bond acceptors (Lipinski definition) is 3. The van der Waals surface area contributed by atoms with Crippen LogP contribution in [0.3, 0.4) is 0 Å². The predicted octanol–water partition coefficient (Wildman–Crippen LogP) is -1.82. The summed E-state index contributed by atoms with van der Waals surface area (Å²) in [7, 11) is 1.24. The first-order valence-electron chi connectivity index (χ1n) is 2.22. The van der Waals surface area contributed by atoms with E-state index in [2.05, 4.69) is 0 Å². The zero-order valence-electron chi connectivity index (χ0n) is 4.79. The third-order valence-corrected chi connectivity index (χ3v) is 0.729. The van der Waals surface area contributed by atoms with Crippen molar-refractivity contribution in [1.29, 1.82) is 0 Å². The minimum Gasteiger partial charge on any atom is -0.479 e. The van der Waals surface area contributed by atoms with Crippen molar-refractivity contribution < 1.29 is 19.8 Å². The van der Waals surface area contributed by atoms with Gasteiger partial charge in [0.25, 0.3) is 5.91 Å². The van der Waals surface area contributed by atoms with Crippen molar-refractivity contribution in [2.75, 3.05) is 7.05 Å². The van der Waals surface area contributed by atoms with Crippen molar-refractivity contribution in [2.45, 2.75) is 6.10 Å². The number of aliphatic carboxylic acids is 1. The molecular formula is C4H7NO4. The van der Waals surface area contributed by atoms with Gasteiger partial charge >= 0.3 is 5.97 Å². The molecule has 0 saturated heterocycles. The van der Waals surface area contributed by atoms with Crippen molar-refractivity contribution in [3.05, 3.63) is 0 Å². The Morgan fingerprint density at radius 2 is 2.00 bits per heavy atom. The van der Waals surface area contributed by atoms with Gasteiger partial charge in [-0.25, -0.2) is 4.79 Å². The molecule has 0 aliphatic heterocycles. The van der Waals surface area contributed by atoms with Crippen molar-refractivity contribution in [2.24, 2.45) is 0 Å². The minimum absolute atomic E-state index is 0.914. The molecule has 0 aromatic rings. The number of nitrogens with one attached hydrogen (secondary N) is 1. The maximum Gasteiger partial charge on any atom is 0.342 e. The topological polar surface area (TPSA) is 86.6 Å². The van der Waals surface area contributed by atoms with Crippen LogP contribution in [0.4, 0.5) is 0 Å². The van der Waals surface area contributed by atoms with Crippen LogP contribution in [0.2, 0.25) is 0 Å². The van der Waals surface area contributed by atoms with E-state index in [1.807, 2.05) is 5.32 Å². The number of aliphatic hydroxyl groups is 1. The van der Waals surface area contributed by atoms with Crippen LogP contribution < -0.4 is 5.32 Å². The number of aliphatic hydroxyl groups excluding tert-OH is 1. The van der Waals surface area contributed by atoms with E-state index in [4.69, 9.17) is 10.2 Å². The Bertz CT molecular complexity index is 133. The molecule has 3 N–H and O–H groups in total. The molecule has 1 amide bonds. The first kappa shape index (κ1) is 7.90. The molecule has 0 aliphatic rings. The first-order valence-corrected chi connectivity index (χ1v) is 2.22. The molecule has 0 rings (SSSR count). The molecular weight excluding hydrogens is 126 g/mol. The van der Waals surface area contributed by atoms with Crippen LogP contribution in [-0.4, -0.2) is 35.2 Å². The average molecular weight is 133 g/mol. The van der Waals surface area contributed by atoms with Crippen LogP contribution in [0.1, 0.15) is 0 Å². The number of carboxylic acid groups (broad SMARTS) is 1. The van der Waals surface area contributed by atoms with Gasteiger partial charge < -0.3 is 15.5 Å². The van der Waals surface area contributed by atoms with Crippen LogP contribution in [0.25, 0.3) is 0 Å². The molecule has 52 valence electrons. The maximum absolute atomic E-state index is 10.2. The highest BCUT2D eigenvalue weighted by Gasteiger charge is 2.20. The molecule has 5 heteroatoms. The highest BCUT2D eigenvalue weighted by molar-refractivity contribution is 5.99. The first-order chi connectivity index (χ1) is 4.09. The van der Waals surface area contributed by atoms with Crippen molar-refractivity contribution in [3.63, 3.8) is 0 Å². The standard InChI is InChI=1S/C4H7NO4/c1-5-3(7)2(6)4(8)9/h2,6H,1H3,(H,5,7)(H,8,9). The summed E-state index contributed by atoms with van der Waals surface area (Å²) in [5, 5.41) is 18.3. The van der Waals surface area contributed by atoms with E-state index in [1.165, 1.54) is 7.05 Å². The molecule has 0 aromatic carbocycles. The number of carbonyl (C=O) groups is 2. The van der Waals surface area contributed by atoms with E-state index in [9.17, 15) is 9.59 Å². The second-order valence-electron chi connectivity index (χ2n) is 1.36. The molecule has 0 fully saturated rings. The quantitative estimate of drug-likeness (QED) is 0.387. The fraction of sp³-hybridized carbons (Fsp3) is 0.500. The molecule has 0 bridgehead atoms. The fourth-order valence-electron chi connectivity index (χ4n) is 0.249. The Hall–Kier alpha value is -1.10. The Labute approximate surface area is 51.3 Å².